The first-order valence-electron chi connectivity index (χ1n) is 5.63. The summed E-state index contributed by atoms with van der Waals surface area (Å²) in [5.74, 6) is 1.11. The highest BCUT2D eigenvalue weighted by Crippen LogP contribution is 2.20. The monoisotopic (exact) mass is 269 g/mol. The quantitative estimate of drug-likeness (QED) is 0.517. The van der Waals surface area contributed by atoms with Crippen molar-refractivity contribution >= 4 is 21.6 Å². The molecule has 1 aliphatic rings. The van der Waals surface area contributed by atoms with Gasteiger partial charge in [-0.25, -0.2) is 12.7 Å². The SMILES string of the molecule is COCC1CCN(S(=O)(=O)CCCCCl)C1. The highest BCUT2D eigenvalue weighted by atomic mass is 35.5. The van der Waals surface area contributed by atoms with Crippen LogP contribution in [0.4, 0.5) is 0 Å². The summed E-state index contributed by atoms with van der Waals surface area (Å²) in [4.78, 5) is 0. The molecule has 1 rings (SSSR count). The highest BCUT2D eigenvalue weighted by molar-refractivity contribution is 7.89. The third-order valence-electron chi connectivity index (χ3n) is 2.83. The summed E-state index contributed by atoms with van der Waals surface area (Å²) in [5, 5.41) is 0. The van der Waals surface area contributed by atoms with Gasteiger partial charge in [-0.15, -0.1) is 11.6 Å². The van der Waals surface area contributed by atoms with E-state index in [1.165, 1.54) is 0 Å². The molecule has 0 radical (unpaired) electrons. The first kappa shape index (κ1) is 14.2. The van der Waals surface area contributed by atoms with E-state index in [0.717, 1.165) is 12.8 Å². The number of hydrogen-bond acceptors (Lipinski definition) is 3. The Kier molecular flexibility index (Phi) is 6.03. The van der Waals surface area contributed by atoms with Gasteiger partial charge in [0, 0.05) is 26.1 Å². The molecule has 96 valence electrons. The predicted molar refractivity (Wildman–Crippen MR) is 65.3 cm³/mol. The zero-order chi connectivity index (χ0) is 12.0. The van der Waals surface area contributed by atoms with E-state index in [1.807, 2.05) is 0 Å². The van der Waals surface area contributed by atoms with E-state index >= 15 is 0 Å². The summed E-state index contributed by atoms with van der Waals surface area (Å²) in [6.45, 7) is 1.89. The van der Waals surface area contributed by atoms with E-state index in [0.29, 0.717) is 37.9 Å². The Balaban J connectivity index is 2.39. The smallest absolute Gasteiger partial charge is 0.214 e. The molecule has 1 heterocycles. The molecule has 0 saturated carbocycles. The molecule has 1 unspecified atom stereocenters. The summed E-state index contributed by atoms with van der Waals surface area (Å²) in [5.41, 5.74) is 0. The van der Waals surface area contributed by atoms with Crippen LogP contribution in [0.1, 0.15) is 19.3 Å². The Labute approximate surface area is 103 Å². The number of ether oxygens (including phenoxy) is 1. The van der Waals surface area contributed by atoms with Crippen molar-refractivity contribution in [1.82, 2.24) is 4.31 Å². The van der Waals surface area contributed by atoms with Gasteiger partial charge in [-0.1, -0.05) is 0 Å². The third kappa shape index (κ3) is 4.20. The Morgan fingerprint density at radius 3 is 2.81 bits per heavy atom. The number of sulfonamides is 1. The molecule has 0 aliphatic carbocycles. The Bertz CT molecular complexity index is 294. The van der Waals surface area contributed by atoms with E-state index in [4.69, 9.17) is 16.3 Å². The van der Waals surface area contributed by atoms with E-state index in [9.17, 15) is 8.42 Å². The lowest BCUT2D eigenvalue weighted by Gasteiger charge is -2.16. The largest absolute Gasteiger partial charge is 0.384 e. The molecular weight excluding hydrogens is 250 g/mol. The highest BCUT2D eigenvalue weighted by Gasteiger charge is 2.30. The average molecular weight is 270 g/mol. The minimum absolute atomic E-state index is 0.222. The van der Waals surface area contributed by atoms with Gasteiger partial charge in [-0.3, -0.25) is 0 Å². The van der Waals surface area contributed by atoms with Crippen molar-refractivity contribution in [1.29, 1.82) is 0 Å². The van der Waals surface area contributed by atoms with Crippen LogP contribution in [0, 0.1) is 5.92 Å². The second-order valence-electron chi connectivity index (χ2n) is 4.18. The molecule has 6 heteroatoms. The molecule has 0 aromatic rings. The number of nitrogens with zero attached hydrogens (tertiary/aromatic N) is 1. The summed E-state index contributed by atoms with van der Waals surface area (Å²) >= 11 is 5.53. The zero-order valence-electron chi connectivity index (χ0n) is 9.69. The molecule has 4 nitrogen and oxygen atoms in total. The zero-order valence-corrected chi connectivity index (χ0v) is 11.3. The third-order valence-corrected chi connectivity index (χ3v) is 5.02. The second-order valence-corrected chi connectivity index (χ2v) is 6.65. The number of rotatable bonds is 7. The van der Waals surface area contributed by atoms with Gasteiger partial charge in [0.2, 0.25) is 10.0 Å². The van der Waals surface area contributed by atoms with Gasteiger partial charge < -0.3 is 4.74 Å². The Morgan fingerprint density at radius 2 is 2.19 bits per heavy atom. The van der Waals surface area contributed by atoms with Crippen LogP contribution < -0.4 is 0 Å². The standard InChI is InChI=1S/C10H20ClNO3S/c1-15-9-10-4-6-12(8-10)16(13,14)7-3-2-5-11/h10H,2-9H2,1H3. The summed E-state index contributed by atoms with van der Waals surface area (Å²) in [6, 6.07) is 0. The van der Waals surface area contributed by atoms with Crippen LogP contribution in [0.5, 0.6) is 0 Å². The van der Waals surface area contributed by atoms with Crippen molar-refractivity contribution in [2.45, 2.75) is 19.3 Å². The van der Waals surface area contributed by atoms with Crippen molar-refractivity contribution in [3.05, 3.63) is 0 Å². The summed E-state index contributed by atoms with van der Waals surface area (Å²) < 4.78 is 30.4. The number of methoxy groups -OCH3 is 1. The Morgan fingerprint density at radius 1 is 1.44 bits per heavy atom. The van der Waals surface area contributed by atoms with E-state index in [-0.39, 0.29) is 5.75 Å². The fourth-order valence-corrected chi connectivity index (χ4v) is 3.77. The molecule has 0 spiro atoms. The molecule has 1 saturated heterocycles. The van der Waals surface area contributed by atoms with Gasteiger partial charge in [0.1, 0.15) is 0 Å². The van der Waals surface area contributed by atoms with Crippen LogP contribution >= 0.6 is 11.6 Å². The summed E-state index contributed by atoms with van der Waals surface area (Å²) in [7, 11) is -1.41. The predicted octanol–water partition coefficient (Wildman–Crippen LogP) is 1.30. The molecule has 0 aromatic heterocycles. The molecule has 1 atom stereocenters. The van der Waals surface area contributed by atoms with Crippen LogP contribution in [-0.2, 0) is 14.8 Å². The van der Waals surface area contributed by atoms with Gasteiger partial charge in [0.25, 0.3) is 0 Å². The number of alkyl halides is 1. The van der Waals surface area contributed by atoms with Gasteiger partial charge in [0.05, 0.1) is 12.4 Å². The van der Waals surface area contributed by atoms with Crippen LogP contribution in [0.2, 0.25) is 0 Å². The average Bonchev–Trinajstić information content (AvgIpc) is 2.68. The maximum Gasteiger partial charge on any atom is 0.214 e. The van der Waals surface area contributed by atoms with Crippen molar-refractivity contribution < 1.29 is 13.2 Å². The minimum atomic E-state index is -3.06. The van der Waals surface area contributed by atoms with Crippen molar-refractivity contribution in [2.24, 2.45) is 5.92 Å². The summed E-state index contributed by atoms with van der Waals surface area (Å²) in [6.07, 6.45) is 2.32. The maximum absolute atomic E-state index is 11.9. The van der Waals surface area contributed by atoms with E-state index in [2.05, 4.69) is 0 Å². The van der Waals surface area contributed by atoms with E-state index in [1.54, 1.807) is 11.4 Å². The Hall–Kier alpha value is 0.160. The topological polar surface area (TPSA) is 46.6 Å². The van der Waals surface area contributed by atoms with Crippen LogP contribution in [0.25, 0.3) is 0 Å². The molecule has 0 N–H and O–H groups in total. The molecular formula is C10H20ClNO3S. The minimum Gasteiger partial charge on any atom is -0.384 e. The van der Waals surface area contributed by atoms with Crippen molar-refractivity contribution in [2.75, 3.05) is 38.4 Å². The maximum atomic E-state index is 11.9. The first-order chi connectivity index (χ1) is 7.60. The molecule has 16 heavy (non-hydrogen) atoms. The van der Waals surface area contributed by atoms with Crippen molar-refractivity contribution in [3.8, 4) is 0 Å². The van der Waals surface area contributed by atoms with Crippen LogP contribution in [0.15, 0.2) is 0 Å². The number of halogens is 1. The van der Waals surface area contributed by atoms with Crippen LogP contribution in [-0.4, -0.2) is 51.2 Å². The van der Waals surface area contributed by atoms with Crippen molar-refractivity contribution in [3.63, 3.8) is 0 Å². The lowest BCUT2D eigenvalue weighted by molar-refractivity contribution is 0.157. The number of unbranched alkanes of at least 4 members (excludes halogenated alkanes) is 1. The van der Waals surface area contributed by atoms with Gasteiger partial charge in [-0.2, -0.15) is 0 Å². The lowest BCUT2D eigenvalue weighted by Crippen LogP contribution is -2.31. The lowest BCUT2D eigenvalue weighted by atomic mass is 10.1. The molecule has 0 bridgehead atoms. The van der Waals surface area contributed by atoms with E-state index < -0.39 is 10.0 Å². The van der Waals surface area contributed by atoms with Crippen LogP contribution in [0.3, 0.4) is 0 Å². The molecule has 1 aliphatic heterocycles. The normalized spacial score (nSPS) is 22.8. The molecule has 0 aromatic carbocycles. The fourth-order valence-electron chi connectivity index (χ4n) is 1.93. The van der Waals surface area contributed by atoms with Gasteiger partial charge in [-0.05, 0) is 25.2 Å². The molecule has 0 amide bonds. The van der Waals surface area contributed by atoms with Gasteiger partial charge >= 0.3 is 0 Å². The van der Waals surface area contributed by atoms with Gasteiger partial charge in [0.15, 0.2) is 0 Å². The number of hydrogen-bond donors (Lipinski definition) is 0. The molecule has 1 fully saturated rings. The first-order valence-corrected chi connectivity index (χ1v) is 7.77. The fraction of sp³-hybridized carbons (Fsp3) is 1.00. The second kappa shape index (κ2) is 6.79.